The van der Waals surface area contributed by atoms with E-state index in [0.717, 1.165) is 10.2 Å². The van der Waals surface area contributed by atoms with E-state index < -0.39 is 10.0 Å². The van der Waals surface area contributed by atoms with Crippen LogP contribution in [0, 0.1) is 0 Å². The Morgan fingerprint density at radius 1 is 1.44 bits per heavy atom. The molecular formula is C12H15BrN2O2S. The Morgan fingerprint density at radius 3 is 2.83 bits per heavy atom. The summed E-state index contributed by atoms with van der Waals surface area (Å²) in [4.78, 5) is 2.37. The summed E-state index contributed by atoms with van der Waals surface area (Å²) in [5.74, 6) is 0. The first-order chi connectivity index (χ1) is 8.46. The second kappa shape index (κ2) is 5.03. The number of nitrogens with zero attached hydrogens (tertiary/aromatic N) is 2. The van der Waals surface area contributed by atoms with E-state index in [9.17, 15) is 8.42 Å². The van der Waals surface area contributed by atoms with Crippen molar-refractivity contribution in [2.24, 2.45) is 0 Å². The first-order valence-corrected chi connectivity index (χ1v) is 7.82. The monoisotopic (exact) mass is 330 g/mol. The van der Waals surface area contributed by atoms with Gasteiger partial charge in [-0.05, 0) is 18.2 Å². The Labute approximate surface area is 116 Å². The number of halogens is 1. The van der Waals surface area contributed by atoms with Crippen LogP contribution in [-0.4, -0.2) is 39.4 Å². The lowest BCUT2D eigenvalue weighted by Crippen LogP contribution is -2.31. The quantitative estimate of drug-likeness (QED) is 0.779. The van der Waals surface area contributed by atoms with Crippen LogP contribution >= 0.6 is 15.9 Å². The molecule has 1 heterocycles. The van der Waals surface area contributed by atoms with Gasteiger partial charge < -0.3 is 4.90 Å². The normalized spacial score (nSPS) is 19.1. The molecule has 4 nitrogen and oxygen atoms in total. The second-order valence-electron chi connectivity index (χ2n) is 4.17. The van der Waals surface area contributed by atoms with Crippen LogP contribution in [0.1, 0.15) is 0 Å². The van der Waals surface area contributed by atoms with Crippen molar-refractivity contribution < 1.29 is 8.42 Å². The van der Waals surface area contributed by atoms with E-state index >= 15 is 0 Å². The third kappa shape index (κ3) is 2.32. The molecule has 0 atom stereocenters. The number of anilines is 1. The molecule has 2 rings (SSSR count). The third-order valence-electron chi connectivity index (χ3n) is 2.99. The molecule has 0 spiro atoms. The van der Waals surface area contributed by atoms with Crippen LogP contribution < -0.4 is 4.90 Å². The largest absolute Gasteiger partial charge is 0.365 e. The molecule has 1 aliphatic rings. The fourth-order valence-electron chi connectivity index (χ4n) is 1.97. The van der Waals surface area contributed by atoms with Crippen molar-refractivity contribution in [2.45, 2.75) is 4.90 Å². The minimum Gasteiger partial charge on any atom is -0.365 e. The minimum absolute atomic E-state index is 0.346. The maximum absolute atomic E-state index is 12.4. The highest BCUT2D eigenvalue weighted by Gasteiger charge is 2.29. The number of sulfonamides is 1. The zero-order valence-electron chi connectivity index (χ0n) is 10.1. The summed E-state index contributed by atoms with van der Waals surface area (Å²) in [5, 5.41) is 0. The molecule has 0 aliphatic carbocycles. The van der Waals surface area contributed by atoms with Crippen molar-refractivity contribution >= 4 is 31.6 Å². The molecule has 0 saturated carbocycles. The van der Waals surface area contributed by atoms with E-state index in [0.29, 0.717) is 24.5 Å². The number of fused-ring (bicyclic) bond motifs is 1. The molecule has 0 radical (unpaired) electrons. The van der Waals surface area contributed by atoms with Crippen molar-refractivity contribution in [3.8, 4) is 0 Å². The van der Waals surface area contributed by atoms with Crippen molar-refractivity contribution in [1.82, 2.24) is 4.31 Å². The van der Waals surface area contributed by atoms with Gasteiger partial charge in [0.1, 0.15) is 4.90 Å². The van der Waals surface area contributed by atoms with Crippen LogP contribution in [0.3, 0.4) is 0 Å². The standard InChI is InChI=1S/C12H15BrN2O2S/c1-3-6-15-8-7-14(2)18(16,17)12-9-10(13)4-5-11(12)15/h3-5,9H,1,6-8H2,2H3. The predicted molar refractivity (Wildman–Crippen MR) is 76.4 cm³/mol. The molecular weight excluding hydrogens is 316 g/mol. The van der Waals surface area contributed by atoms with Crippen LogP contribution in [-0.2, 0) is 10.0 Å². The predicted octanol–water partition coefficient (Wildman–Crippen LogP) is 2.08. The molecule has 6 heteroatoms. The van der Waals surface area contributed by atoms with Gasteiger partial charge in [-0.2, -0.15) is 4.31 Å². The summed E-state index contributed by atoms with van der Waals surface area (Å²) in [6.45, 7) is 5.49. The average Bonchev–Trinajstić information content (AvgIpc) is 2.41. The van der Waals surface area contributed by atoms with Gasteiger partial charge in [-0.25, -0.2) is 8.42 Å². The van der Waals surface area contributed by atoms with E-state index in [4.69, 9.17) is 0 Å². The topological polar surface area (TPSA) is 40.6 Å². The Hall–Kier alpha value is -0.850. The highest BCUT2D eigenvalue weighted by molar-refractivity contribution is 9.10. The Morgan fingerprint density at radius 2 is 2.17 bits per heavy atom. The summed E-state index contributed by atoms with van der Waals surface area (Å²) in [6.07, 6.45) is 1.78. The van der Waals surface area contributed by atoms with Crippen LogP contribution in [0.5, 0.6) is 0 Å². The van der Waals surface area contributed by atoms with Gasteiger partial charge in [-0.15, -0.1) is 6.58 Å². The zero-order chi connectivity index (χ0) is 13.3. The van der Waals surface area contributed by atoms with Gasteiger partial charge in [0, 0.05) is 31.2 Å². The van der Waals surface area contributed by atoms with E-state index in [1.807, 2.05) is 17.0 Å². The summed E-state index contributed by atoms with van der Waals surface area (Å²) >= 11 is 3.32. The summed E-state index contributed by atoms with van der Waals surface area (Å²) in [6, 6.07) is 5.35. The molecule has 1 aliphatic heterocycles. The molecule has 0 bridgehead atoms. The zero-order valence-corrected chi connectivity index (χ0v) is 12.5. The average molecular weight is 331 g/mol. The molecule has 98 valence electrons. The molecule has 0 amide bonds. The van der Waals surface area contributed by atoms with Crippen molar-refractivity contribution in [1.29, 1.82) is 0 Å². The van der Waals surface area contributed by atoms with Crippen molar-refractivity contribution in [3.05, 3.63) is 35.3 Å². The van der Waals surface area contributed by atoms with Gasteiger partial charge in [-0.3, -0.25) is 0 Å². The number of hydrogen-bond donors (Lipinski definition) is 0. The van der Waals surface area contributed by atoms with Crippen molar-refractivity contribution in [2.75, 3.05) is 31.6 Å². The van der Waals surface area contributed by atoms with Gasteiger partial charge >= 0.3 is 0 Å². The molecule has 18 heavy (non-hydrogen) atoms. The van der Waals surface area contributed by atoms with E-state index in [2.05, 4.69) is 22.5 Å². The molecule has 0 unspecified atom stereocenters. The number of benzene rings is 1. The lowest BCUT2D eigenvalue weighted by Gasteiger charge is -2.22. The van der Waals surface area contributed by atoms with Crippen LogP contribution in [0.15, 0.2) is 40.2 Å². The Kier molecular flexibility index (Phi) is 3.79. The molecule has 1 aromatic rings. The Balaban J connectivity index is 2.64. The molecule has 0 N–H and O–H groups in total. The molecule has 0 aromatic heterocycles. The number of rotatable bonds is 2. The summed E-state index contributed by atoms with van der Waals surface area (Å²) < 4.78 is 26.9. The second-order valence-corrected chi connectivity index (χ2v) is 7.10. The first-order valence-electron chi connectivity index (χ1n) is 5.58. The van der Waals surface area contributed by atoms with E-state index in [1.54, 1.807) is 19.2 Å². The highest BCUT2D eigenvalue weighted by atomic mass is 79.9. The van der Waals surface area contributed by atoms with Crippen LogP contribution in [0.25, 0.3) is 0 Å². The Bertz CT molecular complexity index is 571. The highest BCUT2D eigenvalue weighted by Crippen LogP contribution is 2.32. The molecule has 0 fully saturated rings. The fourth-order valence-corrected chi connectivity index (χ4v) is 3.88. The summed E-state index contributed by atoms with van der Waals surface area (Å²) in [5.41, 5.74) is 0.738. The van der Waals surface area contributed by atoms with E-state index in [-0.39, 0.29) is 0 Å². The first kappa shape index (κ1) is 13.6. The minimum atomic E-state index is -3.40. The fraction of sp³-hybridized carbons (Fsp3) is 0.333. The number of hydrogen-bond acceptors (Lipinski definition) is 3. The smallest absolute Gasteiger partial charge is 0.244 e. The number of likely N-dealkylation sites (N-methyl/N-ethyl adjacent to an activating group) is 1. The lowest BCUT2D eigenvalue weighted by atomic mass is 10.2. The SMILES string of the molecule is C=CCN1CCN(C)S(=O)(=O)c2cc(Br)ccc21. The van der Waals surface area contributed by atoms with Gasteiger partial charge in [0.15, 0.2) is 0 Å². The molecule has 0 saturated heterocycles. The van der Waals surface area contributed by atoms with Crippen LogP contribution in [0.4, 0.5) is 5.69 Å². The lowest BCUT2D eigenvalue weighted by molar-refractivity contribution is 0.479. The summed E-state index contributed by atoms with van der Waals surface area (Å²) in [7, 11) is -1.80. The van der Waals surface area contributed by atoms with E-state index in [1.165, 1.54) is 4.31 Å². The molecule has 1 aromatic carbocycles. The maximum atomic E-state index is 12.4. The van der Waals surface area contributed by atoms with Gasteiger partial charge in [-0.1, -0.05) is 22.0 Å². The maximum Gasteiger partial charge on any atom is 0.244 e. The van der Waals surface area contributed by atoms with Gasteiger partial charge in [0.05, 0.1) is 5.69 Å². The van der Waals surface area contributed by atoms with Gasteiger partial charge in [0.25, 0.3) is 0 Å². The van der Waals surface area contributed by atoms with Crippen LogP contribution in [0.2, 0.25) is 0 Å². The third-order valence-corrected chi connectivity index (χ3v) is 5.36. The van der Waals surface area contributed by atoms with Gasteiger partial charge in [0.2, 0.25) is 10.0 Å². The van der Waals surface area contributed by atoms with Crippen molar-refractivity contribution in [3.63, 3.8) is 0 Å².